The molecule has 0 spiro atoms. The van der Waals surface area contributed by atoms with Gasteiger partial charge in [-0.05, 0) is 19.2 Å². The second-order valence-electron chi connectivity index (χ2n) is 3.78. The van der Waals surface area contributed by atoms with E-state index in [0.29, 0.717) is 10.7 Å². The molecule has 0 unspecified atom stereocenters. The second kappa shape index (κ2) is 5.62. The molecule has 0 aliphatic heterocycles. The Morgan fingerprint density at radius 1 is 1.26 bits per heavy atom. The largest absolute Gasteiger partial charge is 0.417 e. The number of aromatic nitrogens is 3. The van der Waals surface area contributed by atoms with Gasteiger partial charge in [-0.3, -0.25) is 4.98 Å². The Kier molecular flexibility index (Phi) is 4.11. The van der Waals surface area contributed by atoms with Crippen molar-refractivity contribution in [2.45, 2.75) is 12.6 Å². The van der Waals surface area contributed by atoms with Crippen LogP contribution in [0.4, 0.5) is 13.2 Å². The second-order valence-corrected chi connectivity index (χ2v) is 4.85. The molecule has 0 saturated carbocycles. The number of nitrogens with zero attached hydrogens (tertiary/aromatic N) is 3. The van der Waals surface area contributed by atoms with E-state index in [4.69, 9.17) is 0 Å². The summed E-state index contributed by atoms with van der Waals surface area (Å²) in [6, 6.07) is 2.31. The zero-order valence-corrected chi connectivity index (χ0v) is 10.8. The summed E-state index contributed by atoms with van der Waals surface area (Å²) in [6.07, 6.45) is -2.83. The number of nitrogens with one attached hydrogen (secondary N) is 1. The van der Waals surface area contributed by atoms with E-state index in [9.17, 15) is 13.2 Å². The van der Waals surface area contributed by atoms with Crippen LogP contribution in [0.2, 0.25) is 0 Å². The summed E-state index contributed by atoms with van der Waals surface area (Å²) in [4.78, 5) is 3.78. The molecular weight excluding hydrogens is 277 g/mol. The Hall–Kier alpha value is -1.54. The average molecular weight is 288 g/mol. The van der Waals surface area contributed by atoms with Crippen LogP contribution >= 0.6 is 11.3 Å². The smallest absolute Gasteiger partial charge is 0.319 e. The van der Waals surface area contributed by atoms with Crippen molar-refractivity contribution >= 4 is 11.3 Å². The van der Waals surface area contributed by atoms with E-state index in [2.05, 4.69) is 20.5 Å². The summed E-state index contributed by atoms with van der Waals surface area (Å²) in [6.45, 7) is 0.773. The number of hydrogen-bond acceptors (Lipinski definition) is 5. The molecule has 19 heavy (non-hydrogen) atoms. The van der Waals surface area contributed by atoms with Crippen LogP contribution in [0.25, 0.3) is 10.7 Å². The van der Waals surface area contributed by atoms with E-state index < -0.39 is 11.7 Å². The van der Waals surface area contributed by atoms with Gasteiger partial charge in [0.05, 0.1) is 5.56 Å². The third kappa shape index (κ3) is 3.48. The van der Waals surface area contributed by atoms with Gasteiger partial charge >= 0.3 is 6.18 Å². The summed E-state index contributed by atoms with van der Waals surface area (Å²) in [7, 11) is 1.83. The number of halogens is 3. The molecule has 0 fully saturated rings. The van der Waals surface area contributed by atoms with Crippen LogP contribution < -0.4 is 5.32 Å². The van der Waals surface area contributed by atoms with Crippen molar-refractivity contribution in [2.24, 2.45) is 0 Å². The van der Waals surface area contributed by atoms with E-state index in [-0.39, 0.29) is 0 Å². The first-order valence-electron chi connectivity index (χ1n) is 5.51. The molecule has 0 aliphatic rings. The first-order chi connectivity index (χ1) is 9.00. The molecule has 4 nitrogen and oxygen atoms in total. The Morgan fingerprint density at radius 3 is 2.63 bits per heavy atom. The van der Waals surface area contributed by atoms with E-state index in [1.54, 1.807) is 0 Å². The van der Waals surface area contributed by atoms with E-state index in [0.717, 1.165) is 30.2 Å². The first kappa shape index (κ1) is 13.9. The van der Waals surface area contributed by atoms with Crippen LogP contribution in [0, 0.1) is 0 Å². The van der Waals surface area contributed by atoms with Gasteiger partial charge in [0, 0.05) is 19.2 Å². The fraction of sp³-hybridized carbons (Fsp3) is 0.364. The van der Waals surface area contributed by atoms with Crippen LogP contribution in [0.15, 0.2) is 18.3 Å². The normalized spacial score (nSPS) is 11.8. The highest BCUT2D eigenvalue weighted by Crippen LogP contribution is 2.30. The van der Waals surface area contributed by atoms with Gasteiger partial charge in [-0.2, -0.15) is 13.2 Å². The Balaban J connectivity index is 2.16. The van der Waals surface area contributed by atoms with Crippen molar-refractivity contribution in [2.75, 3.05) is 13.6 Å². The molecule has 0 saturated heterocycles. The fourth-order valence-electron chi connectivity index (χ4n) is 1.38. The van der Waals surface area contributed by atoms with Gasteiger partial charge in [0.15, 0.2) is 5.01 Å². The molecule has 0 radical (unpaired) electrons. The molecule has 1 N–H and O–H groups in total. The molecule has 2 heterocycles. The highest BCUT2D eigenvalue weighted by molar-refractivity contribution is 7.14. The van der Waals surface area contributed by atoms with Crippen molar-refractivity contribution in [3.63, 3.8) is 0 Å². The lowest BCUT2D eigenvalue weighted by atomic mass is 10.2. The number of likely N-dealkylation sites (N-methyl/N-ethyl adjacent to an activating group) is 1. The summed E-state index contributed by atoms with van der Waals surface area (Å²) in [5.74, 6) is 0. The molecular formula is C11H11F3N4S. The topological polar surface area (TPSA) is 50.7 Å². The standard InChI is InChI=1S/C11H11F3N4S/c1-15-5-4-9-17-18-10(19-9)8-3-2-7(6-16-8)11(12,13)14/h2-3,6,15H,4-5H2,1H3. The quantitative estimate of drug-likeness (QED) is 0.938. The predicted molar refractivity (Wildman–Crippen MR) is 65.8 cm³/mol. The molecule has 8 heteroatoms. The van der Waals surface area contributed by atoms with E-state index in [1.807, 2.05) is 7.05 Å². The number of rotatable bonds is 4. The monoisotopic (exact) mass is 288 g/mol. The molecule has 0 aromatic carbocycles. The predicted octanol–water partition coefficient (Wildman–Crippen LogP) is 2.38. The maximum atomic E-state index is 12.4. The van der Waals surface area contributed by atoms with Crippen LogP contribution in [0.3, 0.4) is 0 Å². The minimum Gasteiger partial charge on any atom is -0.319 e. The lowest BCUT2D eigenvalue weighted by Crippen LogP contribution is -2.09. The zero-order chi connectivity index (χ0) is 13.9. The van der Waals surface area contributed by atoms with Gasteiger partial charge in [0.2, 0.25) is 0 Å². The molecule has 0 atom stereocenters. The Morgan fingerprint density at radius 2 is 2.05 bits per heavy atom. The third-order valence-corrected chi connectivity index (χ3v) is 3.37. The molecule has 2 aromatic rings. The lowest BCUT2D eigenvalue weighted by molar-refractivity contribution is -0.137. The summed E-state index contributed by atoms with van der Waals surface area (Å²) in [5, 5.41) is 12.2. The average Bonchev–Trinajstić information content (AvgIpc) is 2.84. The van der Waals surface area contributed by atoms with Gasteiger partial charge < -0.3 is 5.32 Å². The van der Waals surface area contributed by atoms with Crippen molar-refractivity contribution in [1.29, 1.82) is 0 Å². The van der Waals surface area contributed by atoms with Crippen LogP contribution in [0.1, 0.15) is 10.6 Å². The van der Waals surface area contributed by atoms with Crippen LogP contribution in [0.5, 0.6) is 0 Å². The van der Waals surface area contributed by atoms with E-state index >= 15 is 0 Å². The molecule has 2 aromatic heterocycles. The minimum absolute atomic E-state index is 0.404. The fourth-order valence-corrected chi connectivity index (χ4v) is 2.19. The van der Waals surface area contributed by atoms with Crippen LogP contribution in [-0.4, -0.2) is 28.8 Å². The molecule has 0 aliphatic carbocycles. The Labute approximate surface area is 111 Å². The number of alkyl halides is 3. The van der Waals surface area contributed by atoms with Gasteiger partial charge in [-0.1, -0.05) is 11.3 Å². The van der Waals surface area contributed by atoms with Crippen molar-refractivity contribution in [1.82, 2.24) is 20.5 Å². The molecule has 0 amide bonds. The highest BCUT2D eigenvalue weighted by Gasteiger charge is 2.30. The van der Waals surface area contributed by atoms with Crippen molar-refractivity contribution < 1.29 is 13.2 Å². The molecule has 102 valence electrons. The number of pyridine rings is 1. The van der Waals surface area contributed by atoms with Crippen molar-refractivity contribution in [3.05, 3.63) is 28.9 Å². The SMILES string of the molecule is CNCCc1nnc(-c2ccc(C(F)(F)F)cn2)s1. The Bertz CT molecular complexity index is 536. The third-order valence-electron chi connectivity index (χ3n) is 2.37. The zero-order valence-electron chi connectivity index (χ0n) is 10.0. The van der Waals surface area contributed by atoms with Crippen molar-refractivity contribution in [3.8, 4) is 10.7 Å². The maximum absolute atomic E-state index is 12.4. The highest BCUT2D eigenvalue weighted by atomic mass is 32.1. The maximum Gasteiger partial charge on any atom is 0.417 e. The lowest BCUT2D eigenvalue weighted by Gasteiger charge is -2.05. The van der Waals surface area contributed by atoms with Gasteiger partial charge in [-0.15, -0.1) is 10.2 Å². The first-order valence-corrected chi connectivity index (χ1v) is 6.33. The molecule has 2 rings (SSSR count). The summed E-state index contributed by atoms with van der Waals surface area (Å²) in [5.41, 5.74) is -0.364. The summed E-state index contributed by atoms with van der Waals surface area (Å²) < 4.78 is 37.2. The van der Waals surface area contributed by atoms with Gasteiger partial charge in [-0.25, -0.2) is 0 Å². The summed E-state index contributed by atoms with van der Waals surface area (Å²) >= 11 is 1.33. The van der Waals surface area contributed by atoms with Crippen LogP contribution in [-0.2, 0) is 12.6 Å². The van der Waals surface area contributed by atoms with E-state index in [1.165, 1.54) is 17.4 Å². The number of hydrogen-bond donors (Lipinski definition) is 1. The van der Waals surface area contributed by atoms with Gasteiger partial charge in [0.1, 0.15) is 10.7 Å². The molecule has 0 bridgehead atoms. The minimum atomic E-state index is -4.37. The van der Waals surface area contributed by atoms with Gasteiger partial charge in [0.25, 0.3) is 0 Å².